The highest BCUT2D eigenvalue weighted by molar-refractivity contribution is 5.90. The number of hydrogen-bond donors (Lipinski definition) is 1. The first kappa shape index (κ1) is 18.8. The first-order valence-corrected chi connectivity index (χ1v) is 8.36. The highest BCUT2D eigenvalue weighted by atomic mass is 19.3. The summed E-state index contributed by atoms with van der Waals surface area (Å²) < 4.78 is 38.8. The fourth-order valence-corrected chi connectivity index (χ4v) is 2.56. The van der Waals surface area contributed by atoms with Crippen LogP contribution in [0.2, 0.25) is 0 Å². The summed E-state index contributed by atoms with van der Waals surface area (Å²) >= 11 is 0. The van der Waals surface area contributed by atoms with Crippen molar-refractivity contribution in [2.24, 2.45) is 18.7 Å². The zero-order valence-corrected chi connectivity index (χ0v) is 14.6. The Bertz CT molecular complexity index is 952. The number of aromatic nitrogens is 4. The van der Waals surface area contributed by atoms with Gasteiger partial charge in [-0.2, -0.15) is 0 Å². The molecule has 0 radical (unpaired) electrons. The molecule has 0 atom stereocenters. The molecule has 1 aromatic carbocycles. The SMILES string of the molecule is Cn1c(CC2CC2)nc2cc(F)ccc21.NC(=O)c1cnc(C(F)F)cn1. The van der Waals surface area contributed by atoms with Crippen molar-refractivity contribution in [2.75, 3.05) is 0 Å². The van der Waals surface area contributed by atoms with Crippen LogP contribution in [0.4, 0.5) is 13.2 Å². The second kappa shape index (κ2) is 7.73. The van der Waals surface area contributed by atoms with Gasteiger partial charge in [0.2, 0.25) is 0 Å². The number of nitrogens with zero attached hydrogens (tertiary/aromatic N) is 4. The molecule has 3 aromatic rings. The number of amides is 1. The number of rotatable bonds is 4. The fourth-order valence-electron chi connectivity index (χ4n) is 2.56. The fraction of sp³-hybridized carbons (Fsp3) is 0.333. The number of fused-ring (bicyclic) bond motifs is 1. The molecule has 0 unspecified atom stereocenters. The number of carbonyl (C=O) groups is 1. The Morgan fingerprint density at radius 2 is 2.04 bits per heavy atom. The van der Waals surface area contributed by atoms with Gasteiger partial charge in [0.15, 0.2) is 0 Å². The smallest absolute Gasteiger partial charge is 0.281 e. The van der Waals surface area contributed by atoms with Gasteiger partial charge in [0, 0.05) is 19.5 Å². The van der Waals surface area contributed by atoms with E-state index in [1.54, 1.807) is 6.07 Å². The monoisotopic (exact) mass is 377 g/mol. The Hall–Kier alpha value is -2.97. The Kier molecular flexibility index (Phi) is 5.38. The lowest BCUT2D eigenvalue weighted by Gasteiger charge is -1.99. The average Bonchev–Trinajstić information content (AvgIpc) is 3.40. The maximum absolute atomic E-state index is 13.0. The van der Waals surface area contributed by atoms with E-state index in [-0.39, 0.29) is 11.5 Å². The van der Waals surface area contributed by atoms with Crippen LogP contribution in [0, 0.1) is 11.7 Å². The van der Waals surface area contributed by atoms with E-state index in [2.05, 4.69) is 19.5 Å². The van der Waals surface area contributed by atoms with E-state index in [1.165, 1.54) is 25.0 Å². The third kappa shape index (κ3) is 4.60. The van der Waals surface area contributed by atoms with Gasteiger partial charge in [0.05, 0.1) is 23.4 Å². The van der Waals surface area contributed by atoms with Crippen molar-refractivity contribution < 1.29 is 18.0 Å². The third-order valence-electron chi connectivity index (χ3n) is 4.25. The van der Waals surface area contributed by atoms with Crippen LogP contribution >= 0.6 is 0 Å². The Labute approximate surface area is 153 Å². The molecule has 1 aliphatic carbocycles. The summed E-state index contributed by atoms with van der Waals surface area (Å²) in [5.41, 5.74) is 6.01. The van der Waals surface area contributed by atoms with E-state index >= 15 is 0 Å². The molecular weight excluding hydrogens is 359 g/mol. The summed E-state index contributed by atoms with van der Waals surface area (Å²) in [6.45, 7) is 0. The summed E-state index contributed by atoms with van der Waals surface area (Å²) in [7, 11) is 2.00. The zero-order valence-electron chi connectivity index (χ0n) is 14.6. The van der Waals surface area contributed by atoms with Gasteiger partial charge < -0.3 is 10.3 Å². The number of carbonyl (C=O) groups excluding carboxylic acids is 1. The number of imidazole rings is 1. The summed E-state index contributed by atoms with van der Waals surface area (Å²) in [5, 5.41) is 0. The lowest BCUT2D eigenvalue weighted by molar-refractivity contribution is 0.0993. The van der Waals surface area contributed by atoms with Crippen LogP contribution in [0.3, 0.4) is 0 Å². The Balaban J connectivity index is 0.000000161. The highest BCUT2D eigenvalue weighted by Crippen LogP contribution is 2.32. The van der Waals surface area contributed by atoms with Crippen LogP contribution in [0.5, 0.6) is 0 Å². The number of halogens is 3. The van der Waals surface area contributed by atoms with Crippen molar-refractivity contribution in [1.82, 2.24) is 19.5 Å². The number of aryl methyl sites for hydroxylation is 1. The molecule has 27 heavy (non-hydrogen) atoms. The van der Waals surface area contributed by atoms with Gasteiger partial charge >= 0.3 is 0 Å². The van der Waals surface area contributed by atoms with Crippen molar-refractivity contribution >= 4 is 16.9 Å². The maximum Gasteiger partial charge on any atom is 0.281 e. The third-order valence-corrected chi connectivity index (χ3v) is 4.25. The molecule has 2 N–H and O–H groups in total. The second-order valence-electron chi connectivity index (χ2n) is 6.36. The minimum absolute atomic E-state index is 0.126. The predicted molar refractivity (Wildman–Crippen MR) is 92.6 cm³/mol. The van der Waals surface area contributed by atoms with Gasteiger partial charge in [0.25, 0.3) is 12.3 Å². The summed E-state index contributed by atoms with van der Waals surface area (Å²) in [6, 6.07) is 4.80. The van der Waals surface area contributed by atoms with Crippen molar-refractivity contribution in [2.45, 2.75) is 25.7 Å². The highest BCUT2D eigenvalue weighted by Gasteiger charge is 2.24. The molecule has 9 heteroatoms. The topological polar surface area (TPSA) is 86.7 Å². The molecule has 1 fully saturated rings. The number of hydrogen-bond acceptors (Lipinski definition) is 4. The number of primary amides is 1. The lowest BCUT2D eigenvalue weighted by Crippen LogP contribution is -2.13. The number of alkyl halides is 2. The quantitative estimate of drug-likeness (QED) is 0.757. The van der Waals surface area contributed by atoms with Gasteiger partial charge in [0.1, 0.15) is 23.0 Å². The molecule has 0 spiro atoms. The van der Waals surface area contributed by atoms with E-state index in [9.17, 15) is 18.0 Å². The minimum atomic E-state index is -2.68. The van der Waals surface area contributed by atoms with Crippen LogP contribution in [0.1, 0.15) is 41.3 Å². The molecule has 2 heterocycles. The molecule has 1 saturated carbocycles. The lowest BCUT2D eigenvalue weighted by atomic mass is 10.3. The van der Waals surface area contributed by atoms with E-state index in [1.807, 2.05) is 7.05 Å². The average molecular weight is 377 g/mol. The normalized spacial score (nSPS) is 13.5. The molecule has 6 nitrogen and oxygen atoms in total. The Morgan fingerprint density at radius 1 is 1.30 bits per heavy atom. The second-order valence-corrected chi connectivity index (χ2v) is 6.36. The van der Waals surface area contributed by atoms with Gasteiger partial charge in [-0.1, -0.05) is 0 Å². The molecule has 4 rings (SSSR count). The van der Waals surface area contributed by atoms with Crippen molar-refractivity contribution in [3.05, 3.63) is 53.6 Å². The molecule has 142 valence electrons. The molecule has 0 saturated heterocycles. The van der Waals surface area contributed by atoms with Crippen molar-refractivity contribution in [3.8, 4) is 0 Å². The number of nitrogens with two attached hydrogens (primary N) is 1. The van der Waals surface area contributed by atoms with E-state index in [4.69, 9.17) is 5.73 Å². The van der Waals surface area contributed by atoms with Crippen LogP contribution < -0.4 is 5.73 Å². The van der Waals surface area contributed by atoms with Crippen LogP contribution in [0.15, 0.2) is 30.6 Å². The van der Waals surface area contributed by atoms with Crippen molar-refractivity contribution in [3.63, 3.8) is 0 Å². The Morgan fingerprint density at radius 3 is 2.59 bits per heavy atom. The summed E-state index contributed by atoms with van der Waals surface area (Å²) in [5.74, 6) is 0.894. The summed E-state index contributed by atoms with van der Waals surface area (Å²) in [6.07, 6.45) is 2.73. The molecule has 2 aromatic heterocycles. The first-order valence-electron chi connectivity index (χ1n) is 8.36. The van der Waals surface area contributed by atoms with E-state index in [0.717, 1.165) is 41.6 Å². The van der Waals surface area contributed by atoms with Gasteiger partial charge in [-0.25, -0.2) is 23.1 Å². The van der Waals surface area contributed by atoms with Crippen LogP contribution in [-0.4, -0.2) is 25.4 Å². The molecule has 0 aliphatic heterocycles. The van der Waals surface area contributed by atoms with Gasteiger partial charge in [-0.05, 0) is 30.9 Å². The largest absolute Gasteiger partial charge is 0.364 e. The van der Waals surface area contributed by atoms with Crippen molar-refractivity contribution in [1.29, 1.82) is 0 Å². The molecule has 1 aliphatic rings. The molecular formula is C18H18F3N5O. The molecule has 0 bridgehead atoms. The van der Waals surface area contributed by atoms with Gasteiger partial charge in [-0.15, -0.1) is 0 Å². The zero-order chi connectivity index (χ0) is 19.6. The predicted octanol–water partition coefficient (Wildman–Crippen LogP) is 3.18. The summed E-state index contributed by atoms with van der Waals surface area (Å²) in [4.78, 5) is 21.6. The van der Waals surface area contributed by atoms with Crippen LogP contribution in [-0.2, 0) is 13.5 Å². The van der Waals surface area contributed by atoms with E-state index < -0.39 is 18.0 Å². The van der Waals surface area contributed by atoms with E-state index in [0.29, 0.717) is 0 Å². The first-order chi connectivity index (χ1) is 12.8. The van der Waals surface area contributed by atoms with Gasteiger partial charge in [-0.3, -0.25) is 9.78 Å². The molecule has 1 amide bonds. The van der Waals surface area contributed by atoms with Crippen LogP contribution in [0.25, 0.3) is 11.0 Å². The maximum atomic E-state index is 13.0. The minimum Gasteiger partial charge on any atom is -0.364 e. The standard InChI is InChI=1S/C12H13FN2.C6H5F2N3O/c1-15-11-5-4-9(13)7-10(11)14-12(15)6-8-2-3-8;7-5(8)3-1-11-4(2-10-3)6(9)12/h4-5,7-8H,2-3,6H2,1H3;1-2,5H,(H2,9,12). The number of benzene rings is 1.